The number of hydrogen-bond acceptors (Lipinski definition) is 8. The van der Waals surface area contributed by atoms with E-state index in [1.165, 1.54) is 12.1 Å². The molecule has 1 aliphatic carbocycles. The Bertz CT molecular complexity index is 2030. The number of aryl methyl sites for hydroxylation is 2. The Morgan fingerprint density at radius 3 is 1.23 bits per heavy atom. The molecule has 0 heterocycles. The van der Waals surface area contributed by atoms with Crippen LogP contribution in [0.1, 0.15) is 96.3 Å². The van der Waals surface area contributed by atoms with Crippen molar-refractivity contribution >= 4 is 43.2 Å². The van der Waals surface area contributed by atoms with Crippen LogP contribution in [-0.2, 0) is 33.1 Å². The molecule has 0 aliphatic heterocycles. The van der Waals surface area contributed by atoms with E-state index in [1.54, 1.807) is 72.8 Å². The highest BCUT2D eigenvalue weighted by Gasteiger charge is 2.35. The molecule has 0 saturated heterocycles. The molecule has 276 valence electrons. The lowest BCUT2D eigenvalue weighted by atomic mass is 9.81. The molecule has 4 aromatic carbocycles. The highest BCUT2D eigenvalue weighted by Crippen LogP contribution is 2.38. The summed E-state index contributed by atoms with van der Waals surface area (Å²) in [6.45, 7) is 8.27. The molecule has 52 heavy (non-hydrogen) atoms. The van der Waals surface area contributed by atoms with E-state index in [0.29, 0.717) is 72.2 Å². The van der Waals surface area contributed by atoms with Crippen molar-refractivity contribution in [2.75, 3.05) is 10.6 Å². The van der Waals surface area contributed by atoms with Gasteiger partial charge in [-0.1, -0.05) is 88.4 Å². The zero-order valence-corrected chi connectivity index (χ0v) is 31.4. The Morgan fingerprint density at radius 2 is 0.885 bits per heavy atom. The van der Waals surface area contributed by atoms with Gasteiger partial charge in [0, 0.05) is 34.6 Å². The van der Waals surface area contributed by atoms with E-state index in [-0.39, 0.29) is 56.4 Å². The van der Waals surface area contributed by atoms with Crippen molar-refractivity contribution in [3.8, 4) is 0 Å². The van der Waals surface area contributed by atoms with Crippen molar-refractivity contribution in [3.63, 3.8) is 0 Å². The van der Waals surface area contributed by atoms with Gasteiger partial charge >= 0.3 is 0 Å². The molecule has 0 bridgehead atoms. The first kappa shape index (κ1) is 38.9. The summed E-state index contributed by atoms with van der Waals surface area (Å²) in [7, 11) is -8.83. The number of anilines is 2. The minimum atomic E-state index is -4.42. The van der Waals surface area contributed by atoms with Crippen LogP contribution >= 0.6 is 0 Å². The van der Waals surface area contributed by atoms with Crippen molar-refractivity contribution < 1.29 is 35.5 Å². The summed E-state index contributed by atoms with van der Waals surface area (Å²) >= 11 is 0. The van der Waals surface area contributed by atoms with Gasteiger partial charge in [0.2, 0.25) is 0 Å². The lowest BCUT2D eigenvalue weighted by molar-refractivity contribution is 0.0980. The summed E-state index contributed by atoms with van der Waals surface area (Å²) in [5, 5.41) is 7.07. The molecule has 4 N–H and O–H groups in total. The molecule has 1 aliphatic rings. The maximum absolute atomic E-state index is 14.3. The van der Waals surface area contributed by atoms with Gasteiger partial charge in [-0.05, 0) is 85.8 Å². The molecule has 0 spiro atoms. The monoisotopic (exact) mass is 746 g/mol. The Hall–Kier alpha value is -4.36. The Morgan fingerprint density at radius 1 is 0.538 bits per heavy atom. The second-order valence-corrected chi connectivity index (χ2v) is 17.1. The Labute approximate surface area is 306 Å². The van der Waals surface area contributed by atoms with Crippen molar-refractivity contribution in [1.29, 1.82) is 0 Å². The fourth-order valence-corrected chi connectivity index (χ4v) is 8.63. The van der Waals surface area contributed by atoms with E-state index in [2.05, 4.69) is 38.3 Å². The van der Waals surface area contributed by atoms with Crippen molar-refractivity contribution in [2.45, 2.75) is 88.1 Å². The molecule has 0 aromatic heterocycles. The van der Waals surface area contributed by atoms with Crippen molar-refractivity contribution in [3.05, 3.63) is 118 Å². The van der Waals surface area contributed by atoms with Crippen LogP contribution in [0, 0.1) is 11.8 Å². The predicted octanol–water partition coefficient (Wildman–Crippen LogP) is 7.87. The zero-order valence-electron chi connectivity index (χ0n) is 29.8. The molecule has 2 atom stereocenters. The van der Waals surface area contributed by atoms with Crippen LogP contribution in [0.5, 0.6) is 0 Å². The second kappa shape index (κ2) is 16.1. The van der Waals surface area contributed by atoms with Crippen LogP contribution in [0.3, 0.4) is 0 Å². The van der Waals surface area contributed by atoms with E-state index in [4.69, 9.17) is 0 Å². The van der Waals surface area contributed by atoms with E-state index < -0.39 is 20.2 Å². The standard InChI is InChI=1S/C40H46N2O8S2/c1-25(2)23-29(19-17-27-11-5-9-15-35(27)51(45,46)47)41-33-21-22-34(38-37(33)39(43)31-13-7-8-14-32(31)40(38)44)42-30(24-26(3)4)20-18-28-12-6-10-16-36(28)52(48,49)50/h5-16,21-22,25-26,29-30,41-42H,17-20,23-24H2,1-4H3,(H,45,46,47)(H,48,49,50). The SMILES string of the molecule is CC(C)CC(CCc1ccccc1S(=O)(=O)O)Nc1ccc(NC(CCc2ccccc2S(=O)(=O)O)CC(C)C)c2c1C(=O)c1ccccc1C2=O. The first-order valence-corrected chi connectivity index (χ1v) is 20.4. The smallest absolute Gasteiger partial charge is 0.294 e. The third-order valence-electron chi connectivity index (χ3n) is 9.33. The molecule has 0 saturated carbocycles. The Kier molecular flexibility index (Phi) is 12.0. The molecule has 12 heteroatoms. The van der Waals surface area contributed by atoms with Crippen LogP contribution in [0.15, 0.2) is 94.7 Å². The number of rotatable bonds is 16. The summed E-state index contributed by atoms with van der Waals surface area (Å²) in [5.74, 6) is -0.100. The molecule has 0 fully saturated rings. The maximum Gasteiger partial charge on any atom is 0.294 e. The molecular formula is C40H46N2O8S2. The lowest BCUT2D eigenvalue weighted by Crippen LogP contribution is -2.30. The summed E-state index contributed by atoms with van der Waals surface area (Å²) in [6.07, 6.45) is 3.02. The minimum absolute atomic E-state index is 0.138. The Balaban J connectivity index is 1.51. The van der Waals surface area contributed by atoms with E-state index in [1.807, 2.05) is 0 Å². The highest BCUT2D eigenvalue weighted by atomic mass is 32.2. The number of ketones is 2. The molecule has 0 radical (unpaired) electrons. The number of hydrogen-bond donors (Lipinski definition) is 4. The third-order valence-corrected chi connectivity index (χ3v) is 11.2. The molecule has 0 amide bonds. The second-order valence-electron chi connectivity index (χ2n) is 14.3. The third kappa shape index (κ3) is 9.16. The number of benzene rings is 4. The number of carbonyl (C=O) groups is 2. The van der Waals surface area contributed by atoms with E-state index in [0.717, 1.165) is 0 Å². The number of carbonyl (C=O) groups excluding carboxylic acids is 2. The van der Waals surface area contributed by atoms with Crippen LogP contribution < -0.4 is 10.6 Å². The molecule has 4 aromatic rings. The quantitative estimate of drug-likeness (QED) is 0.0730. The van der Waals surface area contributed by atoms with Gasteiger partial charge < -0.3 is 10.6 Å². The molecule has 10 nitrogen and oxygen atoms in total. The van der Waals surface area contributed by atoms with Gasteiger partial charge in [0.25, 0.3) is 20.2 Å². The topological polar surface area (TPSA) is 167 Å². The van der Waals surface area contributed by atoms with Gasteiger partial charge in [-0.3, -0.25) is 18.7 Å². The largest absolute Gasteiger partial charge is 0.382 e. The van der Waals surface area contributed by atoms with Gasteiger partial charge in [0.15, 0.2) is 11.6 Å². The van der Waals surface area contributed by atoms with Gasteiger partial charge in [-0.15, -0.1) is 0 Å². The fourth-order valence-electron chi connectivity index (χ4n) is 7.12. The summed E-state index contributed by atoms with van der Waals surface area (Å²) in [4.78, 5) is 28.3. The van der Waals surface area contributed by atoms with E-state index in [9.17, 15) is 35.5 Å². The molecular weight excluding hydrogens is 701 g/mol. The van der Waals surface area contributed by atoms with Gasteiger partial charge in [0.05, 0.1) is 20.9 Å². The maximum atomic E-state index is 14.3. The predicted molar refractivity (Wildman–Crippen MR) is 203 cm³/mol. The highest BCUT2D eigenvalue weighted by molar-refractivity contribution is 7.86. The molecule has 5 rings (SSSR count). The summed E-state index contributed by atoms with van der Waals surface area (Å²) in [5.41, 5.74) is 3.07. The van der Waals surface area contributed by atoms with Crippen molar-refractivity contribution in [1.82, 2.24) is 0 Å². The zero-order chi connectivity index (χ0) is 37.8. The summed E-state index contributed by atoms with van der Waals surface area (Å²) in [6, 6.07) is 22.5. The van der Waals surface area contributed by atoms with Crippen LogP contribution in [-0.4, -0.2) is 49.6 Å². The van der Waals surface area contributed by atoms with Gasteiger partial charge in [-0.2, -0.15) is 16.8 Å². The minimum Gasteiger partial charge on any atom is -0.382 e. The van der Waals surface area contributed by atoms with Crippen molar-refractivity contribution in [2.24, 2.45) is 11.8 Å². The average molecular weight is 747 g/mol. The normalized spacial score (nSPS) is 14.2. The van der Waals surface area contributed by atoms with Crippen LogP contribution in [0.2, 0.25) is 0 Å². The van der Waals surface area contributed by atoms with Crippen LogP contribution in [0.4, 0.5) is 11.4 Å². The van der Waals surface area contributed by atoms with Crippen LogP contribution in [0.25, 0.3) is 0 Å². The first-order chi connectivity index (χ1) is 24.5. The molecule has 2 unspecified atom stereocenters. The average Bonchev–Trinajstić information content (AvgIpc) is 3.08. The lowest BCUT2D eigenvalue weighted by Gasteiger charge is -2.29. The fraction of sp³-hybridized carbons (Fsp3) is 0.350. The summed E-state index contributed by atoms with van der Waals surface area (Å²) < 4.78 is 67.8. The van der Waals surface area contributed by atoms with Gasteiger partial charge in [-0.25, -0.2) is 0 Å². The number of nitrogens with one attached hydrogen (secondary N) is 2. The van der Waals surface area contributed by atoms with Gasteiger partial charge in [0.1, 0.15) is 0 Å². The van der Waals surface area contributed by atoms with E-state index >= 15 is 0 Å². The number of fused-ring (bicyclic) bond motifs is 2. The first-order valence-electron chi connectivity index (χ1n) is 17.5.